The molecule has 1 saturated carbocycles. The van der Waals surface area contributed by atoms with Gasteiger partial charge in [0.15, 0.2) is 0 Å². The Morgan fingerprint density at radius 3 is 2.39 bits per heavy atom. The Hall–Kier alpha value is -0.910. The minimum Gasteiger partial charge on any atom is -0.390 e. The van der Waals surface area contributed by atoms with E-state index in [1.807, 2.05) is 6.92 Å². The monoisotopic (exact) mass is 270 g/mol. The lowest BCUT2D eigenvalue weighted by Gasteiger charge is -2.40. The maximum atomic E-state index is 11.9. The fraction of sp³-hybridized carbons (Fsp3) is 0.538. The summed E-state index contributed by atoms with van der Waals surface area (Å²) in [6.07, 6.45) is 1.19. The third-order valence-corrected chi connectivity index (χ3v) is 4.52. The minimum absolute atomic E-state index is 0.125. The summed E-state index contributed by atoms with van der Waals surface area (Å²) in [4.78, 5) is 0.180. The van der Waals surface area contributed by atoms with E-state index in [2.05, 4.69) is 0 Å². The highest BCUT2D eigenvalue weighted by molar-refractivity contribution is 7.86. The third kappa shape index (κ3) is 3.10. The van der Waals surface area contributed by atoms with Gasteiger partial charge in [-0.3, -0.25) is 4.18 Å². The van der Waals surface area contributed by atoms with Crippen molar-refractivity contribution in [2.24, 2.45) is 5.92 Å². The summed E-state index contributed by atoms with van der Waals surface area (Å²) in [6.45, 7) is 3.79. The van der Waals surface area contributed by atoms with Crippen LogP contribution in [-0.2, 0) is 14.3 Å². The first-order chi connectivity index (χ1) is 8.28. The second-order valence-electron chi connectivity index (χ2n) is 5.32. The molecule has 1 N–H and O–H groups in total. The van der Waals surface area contributed by atoms with Gasteiger partial charge in [0, 0.05) is 0 Å². The molecule has 1 aromatic rings. The quantitative estimate of drug-likeness (QED) is 0.848. The lowest BCUT2D eigenvalue weighted by atomic mass is 9.73. The molecule has 0 radical (unpaired) electrons. The number of hydrogen-bond acceptors (Lipinski definition) is 4. The molecule has 0 unspecified atom stereocenters. The first-order valence-corrected chi connectivity index (χ1v) is 7.38. The molecular formula is C13H18O4S. The fourth-order valence-electron chi connectivity index (χ4n) is 2.26. The Morgan fingerprint density at radius 2 is 1.89 bits per heavy atom. The number of rotatable bonds is 4. The van der Waals surface area contributed by atoms with Crippen molar-refractivity contribution in [2.45, 2.75) is 37.2 Å². The van der Waals surface area contributed by atoms with Crippen LogP contribution in [0.3, 0.4) is 0 Å². The zero-order chi connectivity index (χ0) is 13.4. The highest BCUT2D eigenvalue weighted by Gasteiger charge is 2.39. The van der Waals surface area contributed by atoms with Gasteiger partial charge in [-0.1, -0.05) is 17.7 Å². The molecule has 18 heavy (non-hydrogen) atoms. The minimum atomic E-state index is -3.67. The molecule has 1 aromatic carbocycles. The van der Waals surface area contributed by atoms with Crippen LogP contribution >= 0.6 is 0 Å². The van der Waals surface area contributed by atoms with Crippen LogP contribution < -0.4 is 0 Å². The number of hydrogen-bond donors (Lipinski definition) is 1. The zero-order valence-corrected chi connectivity index (χ0v) is 11.4. The topological polar surface area (TPSA) is 63.6 Å². The number of aliphatic hydroxyl groups is 1. The van der Waals surface area contributed by atoms with E-state index < -0.39 is 15.7 Å². The van der Waals surface area contributed by atoms with Gasteiger partial charge in [-0.05, 0) is 44.7 Å². The summed E-state index contributed by atoms with van der Waals surface area (Å²) in [7, 11) is -3.67. The predicted molar refractivity (Wildman–Crippen MR) is 67.7 cm³/mol. The van der Waals surface area contributed by atoms with Crippen molar-refractivity contribution in [3.05, 3.63) is 29.8 Å². The Morgan fingerprint density at radius 1 is 1.33 bits per heavy atom. The van der Waals surface area contributed by atoms with Gasteiger partial charge in [0.05, 0.1) is 17.1 Å². The van der Waals surface area contributed by atoms with Gasteiger partial charge in [-0.15, -0.1) is 0 Å². The van der Waals surface area contributed by atoms with Crippen LogP contribution in [0.1, 0.15) is 25.3 Å². The van der Waals surface area contributed by atoms with Crippen LogP contribution in [0.4, 0.5) is 0 Å². The molecule has 1 aliphatic carbocycles. The summed E-state index contributed by atoms with van der Waals surface area (Å²) in [5, 5.41) is 9.56. The van der Waals surface area contributed by atoms with Crippen LogP contribution in [0.25, 0.3) is 0 Å². The highest BCUT2D eigenvalue weighted by Crippen LogP contribution is 2.37. The average molecular weight is 270 g/mol. The predicted octanol–water partition coefficient (Wildman–Crippen LogP) is 1.86. The molecule has 0 heterocycles. The van der Waals surface area contributed by atoms with Gasteiger partial charge in [-0.25, -0.2) is 0 Å². The van der Waals surface area contributed by atoms with Gasteiger partial charge in [0.2, 0.25) is 0 Å². The summed E-state index contributed by atoms with van der Waals surface area (Å²) in [5.74, 6) is 0.125. The van der Waals surface area contributed by atoms with Gasteiger partial charge in [0.1, 0.15) is 0 Å². The average Bonchev–Trinajstić information content (AvgIpc) is 2.24. The fourth-order valence-corrected chi connectivity index (χ4v) is 3.24. The highest BCUT2D eigenvalue weighted by atomic mass is 32.2. The third-order valence-electron chi connectivity index (χ3n) is 3.23. The van der Waals surface area contributed by atoms with Crippen molar-refractivity contribution in [2.75, 3.05) is 6.61 Å². The van der Waals surface area contributed by atoms with E-state index in [9.17, 15) is 13.5 Å². The SMILES string of the molecule is Cc1ccc(S(=O)(=O)OCC2CC(C)(O)C2)cc1. The molecule has 0 atom stereocenters. The number of benzene rings is 1. The lowest BCUT2D eigenvalue weighted by molar-refractivity contribution is -0.0685. The molecule has 0 bridgehead atoms. The maximum absolute atomic E-state index is 11.9. The molecule has 5 heteroatoms. The van der Waals surface area contributed by atoms with Crippen LogP contribution in [-0.4, -0.2) is 25.7 Å². The standard InChI is InChI=1S/C13H18O4S/c1-10-3-5-12(6-4-10)18(15,16)17-9-11-7-13(2,14)8-11/h3-6,11,14H,7-9H2,1-2H3. The molecular weight excluding hydrogens is 252 g/mol. The largest absolute Gasteiger partial charge is 0.390 e. The first kappa shape index (κ1) is 13.5. The Labute approximate surface area is 108 Å². The number of aryl methyl sites for hydroxylation is 1. The van der Waals surface area contributed by atoms with Crippen molar-refractivity contribution in [1.82, 2.24) is 0 Å². The molecule has 0 saturated heterocycles. The molecule has 0 aliphatic heterocycles. The van der Waals surface area contributed by atoms with Gasteiger partial charge in [-0.2, -0.15) is 8.42 Å². The second kappa shape index (κ2) is 4.64. The van der Waals surface area contributed by atoms with E-state index in [1.165, 1.54) is 0 Å². The maximum Gasteiger partial charge on any atom is 0.296 e. The van der Waals surface area contributed by atoms with Gasteiger partial charge >= 0.3 is 0 Å². The van der Waals surface area contributed by atoms with Crippen molar-refractivity contribution < 1.29 is 17.7 Å². The molecule has 1 aliphatic rings. The van der Waals surface area contributed by atoms with Gasteiger partial charge < -0.3 is 5.11 Å². The molecule has 100 valence electrons. The van der Waals surface area contributed by atoms with Crippen molar-refractivity contribution in [1.29, 1.82) is 0 Å². The smallest absolute Gasteiger partial charge is 0.296 e. The molecule has 2 rings (SSSR count). The van der Waals surface area contributed by atoms with Gasteiger partial charge in [0.25, 0.3) is 10.1 Å². The molecule has 1 fully saturated rings. The van der Waals surface area contributed by atoms with Crippen LogP contribution in [0.5, 0.6) is 0 Å². The molecule has 0 amide bonds. The molecule has 0 aromatic heterocycles. The lowest BCUT2D eigenvalue weighted by Crippen LogP contribution is -2.42. The normalized spacial score (nSPS) is 27.8. The van der Waals surface area contributed by atoms with E-state index in [1.54, 1.807) is 31.2 Å². The molecule has 0 spiro atoms. The Balaban J connectivity index is 1.94. The van der Waals surface area contributed by atoms with Crippen LogP contribution in [0.2, 0.25) is 0 Å². The second-order valence-corrected chi connectivity index (χ2v) is 6.94. The summed E-state index contributed by atoms with van der Waals surface area (Å²) in [6, 6.07) is 6.57. The summed E-state index contributed by atoms with van der Waals surface area (Å²) < 4.78 is 28.7. The Kier molecular flexibility index (Phi) is 3.49. The summed E-state index contributed by atoms with van der Waals surface area (Å²) in [5.41, 5.74) is 0.353. The first-order valence-electron chi connectivity index (χ1n) is 5.97. The van der Waals surface area contributed by atoms with Crippen molar-refractivity contribution in [3.8, 4) is 0 Å². The van der Waals surface area contributed by atoms with E-state index in [0.29, 0.717) is 12.8 Å². The molecule has 4 nitrogen and oxygen atoms in total. The zero-order valence-electron chi connectivity index (χ0n) is 10.6. The Bertz CT molecular complexity index is 508. The van der Waals surface area contributed by atoms with E-state index in [0.717, 1.165) is 5.56 Å². The van der Waals surface area contributed by atoms with Crippen LogP contribution in [0, 0.1) is 12.8 Å². The van der Waals surface area contributed by atoms with Crippen LogP contribution in [0.15, 0.2) is 29.2 Å². The van der Waals surface area contributed by atoms with E-state index in [-0.39, 0.29) is 17.4 Å². The van der Waals surface area contributed by atoms with E-state index in [4.69, 9.17) is 4.18 Å². The van der Waals surface area contributed by atoms with Crippen molar-refractivity contribution in [3.63, 3.8) is 0 Å². The van der Waals surface area contributed by atoms with E-state index >= 15 is 0 Å². The van der Waals surface area contributed by atoms with Crippen molar-refractivity contribution >= 4 is 10.1 Å². The summed E-state index contributed by atoms with van der Waals surface area (Å²) >= 11 is 0.